The second kappa shape index (κ2) is 3.59. The molecular formula is C10H9NS. The Morgan fingerprint density at radius 2 is 2.33 bits per heavy atom. The Morgan fingerprint density at radius 3 is 3.00 bits per heavy atom. The van der Waals surface area contributed by atoms with E-state index in [0.717, 1.165) is 0 Å². The summed E-state index contributed by atoms with van der Waals surface area (Å²) in [5, 5.41) is 2.56. The first-order valence-electron chi connectivity index (χ1n) is 3.85. The Balaban J connectivity index is 2.21. The molecule has 1 aliphatic heterocycles. The first-order valence-corrected chi connectivity index (χ1v) is 4.80. The van der Waals surface area contributed by atoms with Gasteiger partial charge in [-0.05, 0) is 17.0 Å². The molecule has 0 saturated carbocycles. The number of rotatable bonds is 1. The van der Waals surface area contributed by atoms with E-state index in [1.165, 1.54) is 5.56 Å². The molecule has 0 N–H and O–H groups in total. The van der Waals surface area contributed by atoms with Gasteiger partial charge in [-0.3, -0.25) is 4.98 Å². The van der Waals surface area contributed by atoms with Crippen LogP contribution in [-0.2, 0) is 0 Å². The molecule has 1 atom stereocenters. The maximum Gasteiger partial charge on any atom is 0.0536 e. The molecule has 1 aliphatic rings. The molecule has 1 nitrogen and oxygen atoms in total. The zero-order chi connectivity index (χ0) is 8.23. The van der Waals surface area contributed by atoms with Crippen LogP contribution in [0.2, 0.25) is 0 Å². The van der Waals surface area contributed by atoms with Crippen LogP contribution in [-0.4, -0.2) is 4.98 Å². The van der Waals surface area contributed by atoms with Crippen molar-refractivity contribution in [3.05, 3.63) is 53.7 Å². The van der Waals surface area contributed by atoms with Gasteiger partial charge < -0.3 is 0 Å². The molecule has 1 unspecified atom stereocenters. The number of hydrogen-bond donors (Lipinski definition) is 0. The summed E-state index contributed by atoms with van der Waals surface area (Å²) in [5.41, 5.74) is 1.27. The van der Waals surface area contributed by atoms with Crippen molar-refractivity contribution >= 4 is 11.8 Å². The summed E-state index contributed by atoms with van der Waals surface area (Å²) < 4.78 is 0. The van der Waals surface area contributed by atoms with Crippen molar-refractivity contribution < 1.29 is 0 Å². The summed E-state index contributed by atoms with van der Waals surface area (Å²) in [5.74, 6) is 0. The fourth-order valence-corrected chi connectivity index (χ4v) is 1.95. The van der Waals surface area contributed by atoms with E-state index in [1.807, 2.05) is 24.0 Å². The molecule has 60 valence electrons. The standard InChI is InChI=1S/C10H9NS/c1-2-7-12-10(5-1)9-4-3-6-11-8-9/h1-8,10H. The largest absolute Gasteiger partial charge is 0.264 e. The Hall–Kier alpha value is -1.02. The summed E-state index contributed by atoms with van der Waals surface area (Å²) in [4.78, 5) is 4.09. The van der Waals surface area contributed by atoms with Crippen molar-refractivity contribution in [2.24, 2.45) is 0 Å². The normalized spacial score (nSPS) is 21.2. The molecule has 0 aliphatic carbocycles. The van der Waals surface area contributed by atoms with E-state index in [2.05, 4.69) is 34.7 Å². The van der Waals surface area contributed by atoms with Crippen LogP contribution in [0.15, 0.2) is 48.2 Å². The maximum atomic E-state index is 4.09. The number of thioether (sulfide) groups is 1. The average molecular weight is 175 g/mol. The van der Waals surface area contributed by atoms with E-state index in [0.29, 0.717) is 5.25 Å². The SMILES string of the molecule is C1=CSC(c2cccnc2)C=C1. The predicted octanol–water partition coefficient (Wildman–Crippen LogP) is 2.94. The summed E-state index contributed by atoms with van der Waals surface area (Å²) in [6, 6.07) is 4.08. The van der Waals surface area contributed by atoms with Crippen LogP contribution < -0.4 is 0 Å². The lowest BCUT2D eigenvalue weighted by molar-refractivity contribution is 1.17. The molecule has 12 heavy (non-hydrogen) atoms. The molecule has 2 heteroatoms. The van der Waals surface area contributed by atoms with Crippen LogP contribution in [0.3, 0.4) is 0 Å². The van der Waals surface area contributed by atoms with E-state index in [9.17, 15) is 0 Å². The Morgan fingerprint density at radius 1 is 1.33 bits per heavy atom. The lowest BCUT2D eigenvalue weighted by Gasteiger charge is -2.11. The topological polar surface area (TPSA) is 12.9 Å². The molecule has 1 aromatic rings. The van der Waals surface area contributed by atoms with Gasteiger partial charge in [-0.15, -0.1) is 11.8 Å². The second-order valence-electron chi connectivity index (χ2n) is 2.56. The molecular weight excluding hydrogens is 166 g/mol. The number of pyridine rings is 1. The number of nitrogens with zero attached hydrogens (tertiary/aromatic N) is 1. The van der Waals surface area contributed by atoms with Crippen molar-refractivity contribution in [3.8, 4) is 0 Å². The molecule has 0 fully saturated rings. The Kier molecular flexibility index (Phi) is 2.28. The molecule has 2 heterocycles. The highest BCUT2D eigenvalue weighted by molar-refractivity contribution is 8.02. The number of allylic oxidation sites excluding steroid dienone is 2. The monoisotopic (exact) mass is 175 g/mol. The first kappa shape index (κ1) is 7.62. The highest BCUT2D eigenvalue weighted by Gasteiger charge is 2.07. The molecule has 0 aromatic carbocycles. The van der Waals surface area contributed by atoms with Gasteiger partial charge >= 0.3 is 0 Å². The van der Waals surface area contributed by atoms with Gasteiger partial charge in [-0.25, -0.2) is 0 Å². The summed E-state index contributed by atoms with van der Waals surface area (Å²) in [6.07, 6.45) is 10.0. The number of aromatic nitrogens is 1. The van der Waals surface area contributed by atoms with Crippen molar-refractivity contribution in [1.29, 1.82) is 0 Å². The van der Waals surface area contributed by atoms with Gasteiger partial charge in [-0.2, -0.15) is 0 Å². The van der Waals surface area contributed by atoms with Gasteiger partial charge in [0.05, 0.1) is 5.25 Å². The minimum atomic E-state index is 0.448. The minimum Gasteiger partial charge on any atom is -0.264 e. The molecule has 2 rings (SSSR count). The number of hydrogen-bond acceptors (Lipinski definition) is 2. The minimum absolute atomic E-state index is 0.448. The third kappa shape index (κ3) is 1.59. The average Bonchev–Trinajstić information content (AvgIpc) is 2.21. The van der Waals surface area contributed by atoms with Crippen LogP contribution in [0.4, 0.5) is 0 Å². The van der Waals surface area contributed by atoms with Crippen molar-refractivity contribution in [1.82, 2.24) is 4.98 Å². The first-order chi connectivity index (χ1) is 5.97. The van der Waals surface area contributed by atoms with Crippen LogP contribution in [0.25, 0.3) is 0 Å². The van der Waals surface area contributed by atoms with Crippen LogP contribution in [0.1, 0.15) is 10.8 Å². The molecule has 0 amide bonds. The molecule has 0 bridgehead atoms. The van der Waals surface area contributed by atoms with E-state index < -0.39 is 0 Å². The zero-order valence-corrected chi connectivity index (χ0v) is 7.37. The van der Waals surface area contributed by atoms with Crippen molar-refractivity contribution in [3.63, 3.8) is 0 Å². The fourth-order valence-electron chi connectivity index (χ4n) is 1.12. The van der Waals surface area contributed by atoms with Crippen LogP contribution in [0.5, 0.6) is 0 Å². The zero-order valence-electron chi connectivity index (χ0n) is 6.55. The third-order valence-corrected chi connectivity index (χ3v) is 2.75. The predicted molar refractivity (Wildman–Crippen MR) is 52.8 cm³/mol. The van der Waals surface area contributed by atoms with E-state index >= 15 is 0 Å². The van der Waals surface area contributed by atoms with Crippen molar-refractivity contribution in [2.45, 2.75) is 5.25 Å². The second-order valence-corrected chi connectivity index (χ2v) is 3.61. The maximum absolute atomic E-state index is 4.09. The van der Waals surface area contributed by atoms with Gasteiger partial charge in [0.25, 0.3) is 0 Å². The quantitative estimate of drug-likeness (QED) is 0.651. The van der Waals surface area contributed by atoms with Gasteiger partial charge in [0, 0.05) is 12.4 Å². The summed E-state index contributed by atoms with van der Waals surface area (Å²) in [7, 11) is 0. The molecule has 1 aromatic heterocycles. The van der Waals surface area contributed by atoms with E-state index in [-0.39, 0.29) is 0 Å². The van der Waals surface area contributed by atoms with Gasteiger partial charge in [0.1, 0.15) is 0 Å². The summed E-state index contributed by atoms with van der Waals surface area (Å²) in [6.45, 7) is 0. The van der Waals surface area contributed by atoms with Crippen LogP contribution >= 0.6 is 11.8 Å². The summed E-state index contributed by atoms with van der Waals surface area (Å²) >= 11 is 1.81. The molecule has 0 radical (unpaired) electrons. The Bertz CT molecular complexity index is 303. The van der Waals surface area contributed by atoms with Crippen molar-refractivity contribution in [2.75, 3.05) is 0 Å². The van der Waals surface area contributed by atoms with Gasteiger partial charge in [0.2, 0.25) is 0 Å². The molecule has 0 spiro atoms. The van der Waals surface area contributed by atoms with Crippen LogP contribution in [0, 0.1) is 0 Å². The highest BCUT2D eigenvalue weighted by Crippen LogP contribution is 2.32. The molecule has 0 saturated heterocycles. The van der Waals surface area contributed by atoms with Gasteiger partial charge in [-0.1, -0.05) is 24.3 Å². The highest BCUT2D eigenvalue weighted by atomic mass is 32.2. The van der Waals surface area contributed by atoms with Gasteiger partial charge in [0.15, 0.2) is 0 Å². The fraction of sp³-hybridized carbons (Fsp3) is 0.100. The van der Waals surface area contributed by atoms with E-state index in [4.69, 9.17) is 0 Å². The third-order valence-electron chi connectivity index (χ3n) is 1.71. The Labute approximate surface area is 76.2 Å². The van der Waals surface area contributed by atoms with E-state index in [1.54, 1.807) is 6.20 Å². The lowest BCUT2D eigenvalue weighted by Crippen LogP contribution is -1.90. The smallest absolute Gasteiger partial charge is 0.0536 e. The lowest BCUT2D eigenvalue weighted by atomic mass is 10.2.